The van der Waals surface area contributed by atoms with Gasteiger partial charge in [-0.05, 0) is 84.8 Å². The first-order chi connectivity index (χ1) is 18.8. The first kappa shape index (κ1) is 27.4. The average molecular weight is 522 g/mol. The first-order valence-corrected chi connectivity index (χ1v) is 12.8. The zero-order valence-electron chi connectivity index (χ0n) is 22.2. The van der Waals surface area contributed by atoms with Gasteiger partial charge in [-0.1, -0.05) is 65.8 Å². The molecule has 4 aromatic rings. The quantitative estimate of drug-likeness (QED) is 0.229. The van der Waals surface area contributed by atoms with Crippen LogP contribution < -0.4 is 5.32 Å². The van der Waals surface area contributed by atoms with Crippen LogP contribution in [0.4, 0.5) is 0 Å². The molecular formula is C32H31N3O4. The highest BCUT2D eigenvalue weighted by Crippen LogP contribution is 2.38. The molecule has 1 heterocycles. The van der Waals surface area contributed by atoms with Gasteiger partial charge in [0.1, 0.15) is 12.1 Å². The molecule has 3 atom stereocenters. The second kappa shape index (κ2) is 12.3. The number of carboxylic acid groups (broad SMARTS) is 1. The Hall–Kier alpha value is -4.65. The van der Waals surface area contributed by atoms with E-state index in [1.54, 1.807) is 18.3 Å². The summed E-state index contributed by atoms with van der Waals surface area (Å²) in [5.74, 6) is -1.57. The van der Waals surface area contributed by atoms with E-state index in [0.29, 0.717) is 12.0 Å². The highest BCUT2D eigenvalue weighted by atomic mass is 16.4. The third-order valence-corrected chi connectivity index (χ3v) is 6.97. The van der Waals surface area contributed by atoms with E-state index in [9.17, 15) is 14.5 Å². The smallest absolute Gasteiger partial charge is 0.325 e. The molecule has 3 aromatic carbocycles. The van der Waals surface area contributed by atoms with Crippen LogP contribution >= 0.6 is 0 Å². The van der Waals surface area contributed by atoms with Crippen molar-refractivity contribution >= 4 is 11.9 Å². The molecule has 7 nitrogen and oxygen atoms in total. The van der Waals surface area contributed by atoms with Crippen molar-refractivity contribution < 1.29 is 14.7 Å². The number of nitroso groups, excluding NO2 is 1. The van der Waals surface area contributed by atoms with Crippen molar-refractivity contribution in [2.75, 3.05) is 0 Å². The number of rotatable bonds is 10. The molecule has 0 bridgehead atoms. The number of nitrogens with one attached hydrogen (secondary N) is 1. The zero-order chi connectivity index (χ0) is 27.9. The summed E-state index contributed by atoms with van der Waals surface area (Å²) >= 11 is 0. The van der Waals surface area contributed by atoms with Crippen LogP contribution in [0.3, 0.4) is 0 Å². The van der Waals surface area contributed by atoms with Crippen molar-refractivity contribution in [3.05, 3.63) is 130 Å². The van der Waals surface area contributed by atoms with Crippen LogP contribution in [0.15, 0.2) is 96.3 Å². The summed E-state index contributed by atoms with van der Waals surface area (Å²) in [5.41, 5.74) is 7.36. The molecule has 0 fully saturated rings. The summed E-state index contributed by atoms with van der Waals surface area (Å²) in [4.78, 5) is 39.6. The van der Waals surface area contributed by atoms with E-state index in [1.165, 1.54) is 6.92 Å². The van der Waals surface area contributed by atoms with Crippen LogP contribution in [0.25, 0.3) is 11.1 Å². The molecule has 0 aliphatic rings. The van der Waals surface area contributed by atoms with Crippen LogP contribution in [-0.4, -0.2) is 28.0 Å². The highest BCUT2D eigenvalue weighted by Gasteiger charge is 2.24. The summed E-state index contributed by atoms with van der Waals surface area (Å²) in [7, 11) is 0. The second-order valence-electron chi connectivity index (χ2n) is 9.73. The zero-order valence-corrected chi connectivity index (χ0v) is 22.2. The topological polar surface area (TPSA) is 109 Å². The van der Waals surface area contributed by atoms with Crippen LogP contribution in [0.1, 0.15) is 63.6 Å². The fraction of sp³-hybridized carbons (Fsp3) is 0.219. The lowest BCUT2D eigenvalue weighted by molar-refractivity contribution is -0.138. The Balaban J connectivity index is 1.60. The number of amides is 1. The van der Waals surface area contributed by atoms with Crippen LogP contribution in [0, 0.1) is 18.8 Å². The number of aryl methyl sites for hydroxylation is 2. The number of carboxylic acids is 1. The molecule has 0 spiro atoms. The van der Waals surface area contributed by atoms with Gasteiger partial charge in [-0.2, -0.15) is 4.91 Å². The van der Waals surface area contributed by atoms with Crippen LogP contribution in [0.5, 0.6) is 0 Å². The molecule has 0 radical (unpaired) electrons. The summed E-state index contributed by atoms with van der Waals surface area (Å²) < 4.78 is 0. The maximum Gasteiger partial charge on any atom is 0.325 e. The third kappa shape index (κ3) is 6.62. The summed E-state index contributed by atoms with van der Waals surface area (Å²) in [6, 6.07) is 25.7. The second-order valence-corrected chi connectivity index (χ2v) is 9.73. The molecule has 39 heavy (non-hydrogen) atoms. The van der Waals surface area contributed by atoms with Gasteiger partial charge >= 0.3 is 5.97 Å². The largest absolute Gasteiger partial charge is 0.480 e. The molecule has 1 aromatic heterocycles. The van der Waals surface area contributed by atoms with Gasteiger partial charge in [0.15, 0.2) is 0 Å². The number of benzene rings is 3. The number of pyridine rings is 1. The SMILES string of the molecule is Cc1cc(C(CC(c2ccc(-c3ccc(C(=O)NC(C)C(=O)O)cc3)cc2)c2ccccc2C)N=O)ccn1. The number of aliphatic carboxylic acids is 1. The van der Waals surface area contributed by atoms with E-state index in [0.717, 1.165) is 39.1 Å². The van der Waals surface area contributed by atoms with Crippen molar-refractivity contribution in [1.29, 1.82) is 0 Å². The minimum Gasteiger partial charge on any atom is -0.480 e. The summed E-state index contributed by atoms with van der Waals surface area (Å²) in [6.45, 7) is 5.40. The number of hydrogen-bond donors (Lipinski definition) is 2. The molecule has 0 aliphatic heterocycles. The fourth-order valence-electron chi connectivity index (χ4n) is 4.72. The van der Waals surface area contributed by atoms with Crippen molar-refractivity contribution in [2.24, 2.45) is 5.18 Å². The van der Waals surface area contributed by atoms with E-state index in [1.807, 2.05) is 55.5 Å². The normalized spacial score (nSPS) is 13.2. The van der Waals surface area contributed by atoms with E-state index in [-0.39, 0.29) is 5.92 Å². The maximum absolute atomic E-state index is 12.3. The third-order valence-electron chi connectivity index (χ3n) is 6.97. The number of carbonyl (C=O) groups excluding carboxylic acids is 1. The Morgan fingerprint density at radius 1 is 0.897 bits per heavy atom. The Kier molecular flexibility index (Phi) is 8.61. The standard InChI is InChI=1S/C32H31N3O4/c1-20-6-4-5-7-28(20)29(19-30(35-39)27-16-17-33-21(2)18-27)25-12-8-23(9-13-25)24-10-14-26(15-11-24)31(36)34-22(3)32(37)38/h4-18,22,29-30H,19H2,1-3H3,(H,34,36)(H,37,38). The van der Waals surface area contributed by atoms with Gasteiger partial charge in [0, 0.05) is 23.4 Å². The average Bonchev–Trinajstić information content (AvgIpc) is 2.94. The molecule has 4 rings (SSSR count). The molecule has 0 saturated heterocycles. The van der Waals surface area contributed by atoms with Crippen molar-refractivity contribution in [3.8, 4) is 11.1 Å². The summed E-state index contributed by atoms with van der Waals surface area (Å²) in [5, 5.41) is 15.0. The fourth-order valence-corrected chi connectivity index (χ4v) is 4.72. The van der Waals surface area contributed by atoms with E-state index in [2.05, 4.69) is 46.7 Å². The highest BCUT2D eigenvalue weighted by molar-refractivity contribution is 5.96. The van der Waals surface area contributed by atoms with E-state index >= 15 is 0 Å². The molecule has 2 N–H and O–H groups in total. The monoisotopic (exact) mass is 521 g/mol. The molecule has 7 heteroatoms. The minimum atomic E-state index is -1.09. The Labute approximate surface area is 227 Å². The Morgan fingerprint density at radius 3 is 2.13 bits per heavy atom. The lowest BCUT2D eigenvalue weighted by atomic mass is 9.82. The predicted octanol–water partition coefficient (Wildman–Crippen LogP) is 6.60. The molecular weight excluding hydrogens is 490 g/mol. The molecule has 198 valence electrons. The lowest BCUT2D eigenvalue weighted by Gasteiger charge is -2.23. The maximum atomic E-state index is 12.3. The molecule has 0 saturated carbocycles. The molecule has 0 aliphatic carbocycles. The number of nitrogens with zero attached hydrogens (tertiary/aromatic N) is 2. The van der Waals surface area contributed by atoms with Gasteiger partial charge in [0.25, 0.3) is 5.91 Å². The van der Waals surface area contributed by atoms with Gasteiger partial charge < -0.3 is 10.4 Å². The minimum absolute atomic E-state index is 0.0429. The van der Waals surface area contributed by atoms with Gasteiger partial charge in [0.2, 0.25) is 0 Å². The summed E-state index contributed by atoms with van der Waals surface area (Å²) in [6.07, 6.45) is 2.23. The van der Waals surface area contributed by atoms with Gasteiger partial charge in [-0.15, -0.1) is 0 Å². The van der Waals surface area contributed by atoms with Crippen LogP contribution in [0.2, 0.25) is 0 Å². The van der Waals surface area contributed by atoms with Gasteiger partial charge in [0.05, 0.1) is 0 Å². The Bertz CT molecular complexity index is 1470. The number of carbonyl (C=O) groups is 2. The van der Waals surface area contributed by atoms with Crippen molar-refractivity contribution in [3.63, 3.8) is 0 Å². The number of hydrogen-bond acceptors (Lipinski definition) is 5. The molecule has 1 amide bonds. The van der Waals surface area contributed by atoms with E-state index in [4.69, 9.17) is 5.11 Å². The van der Waals surface area contributed by atoms with E-state index < -0.39 is 24.0 Å². The van der Waals surface area contributed by atoms with Crippen LogP contribution in [-0.2, 0) is 4.79 Å². The van der Waals surface area contributed by atoms with Crippen molar-refractivity contribution in [1.82, 2.24) is 10.3 Å². The Morgan fingerprint density at radius 2 is 1.54 bits per heavy atom. The lowest BCUT2D eigenvalue weighted by Crippen LogP contribution is -2.38. The molecule has 3 unspecified atom stereocenters. The van der Waals surface area contributed by atoms with Gasteiger partial charge in [-0.25, -0.2) is 0 Å². The van der Waals surface area contributed by atoms with Crippen molar-refractivity contribution in [2.45, 2.75) is 45.2 Å². The number of aromatic nitrogens is 1. The first-order valence-electron chi connectivity index (χ1n) is 12.8. The predicted molar refractivity (Wildman–Crippen MR) is 152 cm³/mol. The van der Waals surface area contributed by atoms with Gasteiger partial charge in [-0.3, -0.25) is 14.6 Å².